The summed E-state index contributed by atoms with van der Waals surface area (Å²) in [4.78, 5) is 41.1. The van der Waals surface area contributed by atoms with Crippen molar-refractivity contribution in [3.63, 3.8) is 0 Å². The standard InChI is InChI=1S/C32H35N3O3/c1-2-20-33-31(38)32(26-16-8-6-14-24(26)25-15-7-9-17-27(25)32)19-10-11-21-35-22-18-28(30(35)37)34-29(36)23-12-4-3-5-13-23/h3-9,12-17,28H,2,10-11,18-22H2,1H3,(H,33,38)(H,34,36). The maximum atomic E-state index is 13.8. The number of carbonyl (C=O) groups is 3. The number of nitrogens with zero attached hydrogens (tertiary/aromatic N) is 1. The van der Waals surface area contributed by atoms with Gasteiger partial charge in [0.15, 0.2) is 0 Å². The molecule has 1 unspecified atom stereocenters. The molecule has 1 saturated heterocycles. The van der Waals surface area contributed by atoms with Crippen LogP contribution >= 0.6 is 0 Å². The van der Waals surface area contributed by atoms with Crippen LogP contribution in [-0.2, 0) is 15.0 Å². The van der Waals surface area contributed by atoms with E-state index >= 15 is 0 Å². The number of hydrogen-bond donors (Lipinski definition) is 2. The topological polar surface area (TPSA) is 78.5 Å². The normalized spacial score (nSPS) is 17.1. The summed E-state index contributed by atoms with van der Waals surface area (Å²) >= 11 is 0. The van der Waals surface area contributed by atoms with E-state index in [4.69, 9.17) is 0 Å². The number of unbranched alkanes of at least 4 members (excludes halogenated alkanes) is 1. The van der Waals surface area contributed by atoms with Gasteiger partial charge in [-0.3, -0.25) is 14.4 Å². The molecular weight excluding hydrogens is 474 g/mol. The number of fused-ring (bicyclic) bond motifs is 3. The summed E-state index contributed by atoms with van der Waals surface area (Å²) < 4.78 is 0. The lowest BCUT2D eigenvalue weighted by Crippen LogP contribution is -2.44. The highest BCUT2D eigenvalue weighted by Crippen LogP contribution is 2.51. The van der Waals surface area contributed by atoms with Gasteiger partial charge in [0.05, 0.1) is 0 Å². The molecule has 2 aliphatic rings. The van der Waals surface area contributed by atoms with Crippen LogP contribution in [0.1, 0.15) is 60.5 Å². The molecule has 0 saturated carbocycles. The predicted molar refractivity (Wildman–Crippen MR) is 149 cm³/mol. The Balaban J connectivity index is 1.26. The highest BCUT2D eigenvalue weighted by molar-refractivity contribution is 6.00. The molecular formula is C32H35N3O3. The van der Waals surface area contributed by atoms with Gasteiger partial charge >= 0.3 is 0 Å². The minimum Gasteiger partial charge on any atom is -0.355 e. The first-order chi connectivity index (χ1) is 18.6. The van der Waals surface area contributed by atoms with Crippen LogP contribution < -0.4 is 10.6 Å². The number of hydrogen-bond acceptors (Lipinski definition) is 3. The van der Waals surface area contributed by atoms with Crippen LogP contribution in [0.25, 0.3) is 11.1 Å². The van der Waals surface area contributed by atoms with Crippen LogP contribution in [0.5, 0.6) is 0 Å². The highest BCUT2D eigenvalue weighted by Gasteiger charge is 2.48. The molecule has 6 heteroatoms. The summed E-state index contributed by atoms with van der Waals surface area (Å²) in [5, 5.41) is 6.07. The third-order valence-electron chi connectivity index (χ3n) is 7.86. The molecule has 3 amide bonds. The molecule has 3 aromatic carbocycles. The summed E-state index contributed by atoms with van der Waals surface area (Å²) in [6, 6.07) is 25.0. The zero-order valence-corrected chi connectivity index (χ0v) is 21.9. The Bertz CT molecular complexity index is 1270. The van der Waals surface area contributed by atoms with Gasteiger partial charge in [-0.2, -0.15) is 0 Å². The van der Waals surface area contributed by atoms with Crippen molar-refractivity contribution in [2.24, 2.45) is 0 Å². The molecule has 3 aromatic rings. The van der Waals surface area contributed by atoms with Gasteiger partial charge in [-0.05, 0) is 66.5 Å². The van der Waals surface area contributed by atoms with Crippen LogP contribution in [-0.4, -0.2) is 48.3 Å². The van der Waals surface area contributed by atoms with Crippen molar-refractivity contribution in [1.29, 1.82) is 0 Å². The molecule has 0 aromatic heterocycles. The van der Waals surface area contributed by atoms with Gasteiger partial charge in [0.25, 0.3) is 5.91 Å². The van der Waals surface area contributed by atoms with Gasteiger partial charge in [-0.15, -0.1) is 0 Å². The quantitative estimate of drug-likeness (QED) is 0.390. The molecule has 1 aliphatic carbocycles. The molecule has 0 radical (unpaired) electrons. The van der Waals surface area contributed by atoms with E-state index in [9.17, 15) is 14.4 Å². The molecule has 6 nitrogen and oxygen atoms in total. The van der Waals surface area contributed by atoms with Crippen LogP contribution in [0.15, 0.2) is 78.9 Å². The Kier molecular flexibility index (Phi) is 7.59. The first-order valence-electron chi connectivity index (χ1n) is 13.7. The maximum absolute atomic E-state index is 13.8. The van der Waals surface area contributed by atoms with Crippen molar-refractivity contribution in [3.05, 3.63) is 95.6 Å². The molecule has 2 N–H and O–H groups in total. The van der Waals surface area contributed by atoms with Crippen molar-refractivity contribution in [2.75, 3.05) is 19.6 Å². The molecule has 0 bridgehead atoms. The van der Waals surface area contributed by atoms with E-state index < -0.39 is 11.5 Å². The molecule has 0 spiro atoms. The Morgan fingerprint density at radius 3 is 2.18 bits per heavy atom. The van der Waals surface area contributed by atoms with Crippen molar-refractivity contribution < 1.29 is 14.4 Å². The van der Waals surface area contributed by atoms with E-state index in [0.29, 0.717) is 38.0 Å². The zero-order valence-electron chi connectivity index (χ0n) is 21.9. The number of likely N-dealkylation sites (tertiary alicyclic amines) is 1. The fourth-order valence-electron chi connectivity index (χ4n) is 5.96. The van der Waals surface area contributed by atoms with Gasteiger partial charge in [0.1, 0.15) is 11.5 Å². The second kappa shape index (κ2) is 11.2. The van der Waals surface area contributed by atoms with Gasteiger partial charge < -0.3 is 15.5 Å². The second-order valence-electron chi connectivity index (χ2n) is 10.2. The maximum Gasteiger partial charge on any atom is 0.251 e. The number of amides is 3. The van der Waals surface area contributed by atoms with E-state index in [0.717, 1.165) is 41.5 Å². The number of benzene rings is 3. The third-order valence-corrected chi connectivity index (χ3v) is 7.86. The van der Waals surface area contributed by atoms with Crippen LogP contribution in [0.3, 0.4) is 0 Å². The zero-order chi connectivity index (χ0) is 26.5. The van der Waals surface area contributed by atoms with E-state index in [1.165, 1.54) is 0 Å². The molecule has 5 rings (SSSR count). The first-order valence-corrected chi connectivity index (χ1v) is 13.7. The van der Waals surface area contributed by atoms with E-state index in [1.54, 1.807) is 12.1 Å². The molecule has 38 heavy (non-hydrogen) atoms. The minimum absolute atomic E-state index is 0.0266. The highest BCUT2D eigenvalue weighted by atomic mass is 16.2. The monoisotopic (exact) mass is 509 g/mol. The molecule has 1 fully saturated rings. The van der Waals surface area contributed by atoms with Gasteiger partial charge in [0.2, 0.25) is 11.8 Å². The largest absolute Gasteiger partial charge is 0.355 e. The summed E-state index contributed by atoms with van der Waals surface area (Å²) in [6.45, 7) is 3.95. The fraction of sp³-hybridized carbons (Fsp3) is 0.344. The Labute approximate surface area is 224 Å². The molecule has 1 aliphatic heterocycles. The van der Waals surface area contributed by atoms with Crippen molar-refractivity contribution in [2.45, 2.75) is 50.5 Å². The molecule has 1 heterocycles. The van der Waals surface area contributed by atoms with Crippen LogP contribution in [0.4, 0.5) is 0 Å². The Hall–Kier alpha value is -3.93. The lowest BCUT2D eigenvalue weighted by Gasteiger charge is -2.31. The summed E-state index contributed by atoms with van der Waals surface area (Å²) in [7, 11) is 0. The van der Waals surface area contributed by atoms with Gasteiger partial charge in [-0.25, -0.2) is 0 Å². The lowest BCUT2D eigenvalue weighted by atomic mass is 9.73. The van der Waals surface area contributed by atoms with Crippen LogP contribution in [0.2, 0.25) is 0 Å². The van der Waals surface area contributed by atoms with Gasteiger partial charge in [-0.1, -0.05) is 73.7 Å². The molecule has 1 atom stereocenters. The van der Waals surface area contributed by atoms with Gasteiger partial charge in [0, 0.05) is 25.2 Å². The summed E-state index contributed by atoms with van der Waals surface area (Å²) in [6.07, 6.45) is 3.75. The third kappa shape index (κ3) is 4.71. The van der Waals surface area contributed by atoms with Crippen molar-refractivity contribution >= 4 is 17.7 Å². The smallest absolute Gasteiger partial charge is 0.251 e. The predicted octanol–water partition coefficient (Wildman–Crippen LogP) is 4.68. The fourth-order valence-corrected chi connectivity index (χ4v) is 5.96. The Morgan fingerprint density at radius 1 is 0.895 bits per heavy atom. The summed E-state index contributed by atoms with van der Waals surface area (Å²) in [5.74, 6) is -0.191. The molecule has 196 valence electrons. The second-order valence-corrected chi connectivity index (χ2v) is 10.2. The first kappa shape index (κ1) is 25.7. The van der Waals surface area contributed by atoms with Crippen LogP contribution in [0, 0.1) is 0 Å². The van der Waals surface area contributed by atoms with E-state index in [1.807, 2.05) is 47.4 Å². The average molecular weight is 510 g/mol. The average Bonchev–Trinajstić information content (AvgIpc) is 3.45. The van der Waals surface area contributed by atoms with E-state index in [-0.39, 0.29) is 17.7 Å². The minimum atomic E-state index is -0.733. The number of rotatable bonds is 10. The Morgan fingerprint density at radius 2 is 1.53 bits per heavy atom. The number of nitrogens with one attached hydrogen (secondary N) is 2. The van der Waals surface area contributed by atoms with Crippen molar-refractivity contribution in [3.8, 4) is 11.1 Å². The van der Waals surface area contributed by atoms with E-state index in [2.05, 4.69) is 41.8 Å². The van der Waals surface area contributed by atoms with Crippen molar-refractivity contribution in [1.82, 2.24) is 15.5 Å². The summed E-state index contributed by atoms with van der Waals surface area (Å²) in [5.41, 5.74) is 4.21. The SMILES string of the molecule is CCCNC(=O)C1(CCCCN2CCC(NC(=O)c3ccccc3)C2=O)c2ccccc2-c2ccccc21. The lowest BCUT2D eigenvalue weighted by molar-refractivity contribution is -0.129. The number of carbonyl (C=O) groups excluding carboxylic acids is 3.